The van der Waals surface area contributed by atoms with E-state index in [0.717, 1.165) is 49.1 Å². The Labute approximate surface area is 292 Å². The molecule has 0 fully saturated rings. The summed E-state index contributed by atoms with van der Waals surface area (Å²) in [5.74, 6) is -0.155. The van der Waals surface area contributed by atoms with Gasteiger partial charge in [-0.15, -0.1) is 13.2 Å². The van der Waals surface area contributed by atoms with Crippen LogP contribution in [0.2, 0.25) is 0 Å². The molecule has 1 aromatic heterocycles. The number of aromatic nitrogens is 1. The van der Waals surface area contributed by atoms with Gasteiger partial charge in [-0.2, -0.15) is 0 Å². The third kappa shape index (κ3) is 18.1. The molecule has 0 saturated carbocycles. The summed E-state index contributed by atoms with van der Waals surface area (Å²) in [4.78, 5) is 12.1. The van der Waals surface area contributed by atoms with Gasteiger partial charge in [0.15, 0.2) is 22.2 Å². The lowest BCUT2D eigenvalue weighted by molar-refractivity contribution is -0.671. The van der Waals surface area contributed by atoms with Crippen molar-refractivity contribution in [3.05, 3.63) is 84.2 Å². The molecular weight excluding hydrogens is 653 g/mol. The van der Waals surface area contributed by atoms with Crippen molar-refractivity contribution in [3.63, 3.8) is 0 Å². The second-order valence-electron chi connectivity index (χ2n) is 12.7. The number of hydrogen-bond acceptors (Lipinski definition) is 6. The van der Waals surface area contributed by atoms with Crippen molar-refractivity contribution in [1.82, 2.24) is 0 Å². The lowest BCUT2D eigenvalue weighted by Gasteiger charge is -2.27. The Morgan fingerprint density at radius 2 is 1.53 bits per heavy atom. The van der Waals surface area contributed by atoms with Gasteiger partial charge in [0, 0.05) is 44.4 Å². The molecule has 1 aliphatic rings. The highest BCUT2D eigenvalue weighted by Crippen LogP contribution is 2.39. The fraction of sp³-hybridized carbons (Fsp3) is 0.526. The molecule has 0 spiro atoms. The molecule has 0 bridgehead atoms. The number of rotatable bonds is 9. The van der Waals surface area contributed by atoms with Gasteiger partial charge in [0.25, 0.3) is 0 Å². The summed E-state index contributed by atoms with van der Waals surface area (Å²) in [6.07, 6.45) is 8.31. The van der Waals surface area contributed by atoms with Gasteiger partial charge in [0.05, 0.1) is 10.6 Å². The van der Waals surface area contributed by atoms with Gasteiger partial charge in [-0.1, -0.05) is 78.0 Å². The summed E-state index contributed by atoms with van der Waals surface area (Å²) in [5.41, 5.74) is 3.14. The maximum absolute atomic E-state index is 12.7. The van der Waals surface area contributed by atoms with E-state index in [1.807, 2.05) is 85.5 Å². The first-order valence-electron chi connectivity index (χ1n) is 16.9. The summed E-state index contributed by atoms with van der Waals surface area (Å²) in [6, 6.07) is 19.7. The molecule has 0 saturated heterocycles. The molecule has 1 unspecified atom stereocenters. The average Bonchev–Trinajstić information content (AvgIpc) is 3.13. The summed E-state index contributed by atoms with van der Waals surface area (Å²) in [5, 5.41) is 0. The largest absolute Gasteiger partial charge is 0.575 e. The van der Waals surface area contributed by atoms with Crippen LogP contribution in [0.5, 0.6) is 5.75 Å². The van der Waals surface area contributed by atoms with Crippen LogP contribution in [0.25, 0.3) is 0 Å². The lowest BCUT2D eigenvalue weighted by atomic mass is 9.81. The van der Waals surface area contributed by atoms with Crippen LogP contribution in [0.3, 0.4) is 0 Å². The van der Waals surface area contributed by atoms with Crippen molar-refractivity contribution in [2.45, 2.75) is 104 Å². The van der Waals surface area contributed by atoms with E-state index >= 15 is 0 Å². The van der Waals surface area contributed by atoms with E-state index in [0.29, 0.717) is 18.4 Å². The first-order chi connectivity index (χ1) is 22.9. The maximum Gasteiger partial charge on any atom is 0.575 e. The maximum atomic E-state index is 12.7. The fourth-order valence-electron chi connectivity index (χ4n) is 5.02. The summed E-state index contributed by atoms with van der Waals surface area (Å²) in [7, 11) is 2.79. The second-order valence-corrected chi connectivity index (χ2v) is 14.7. The van der Waals surface area contributed by atoms with E-state index in [9.17, 15) is 26.4 Å². The topological polar surface area (TPSA) is 76.8 Å². The molecule has 0 N–H and O–H groups in total. The number of pyridine rings is 1. The van der Waals surface area contributed by atoms with Crippen molar-refractivity contribution < 1.29 is 40.4 Å². The first-order valence-corrected chi connectivity index (χ1v) is 18.5. The number of sulfone groups is 1. The number of fused-ring (bicyclic) bond motifs is 1. The second kappa shape index (κ2) is 21.5. The van der Waals surface area contributed by atoms with E-state index in [4.69, 9.17) is 4.74 Å². The van der Waals surface area contributed by atoms with Crippen LogP contribution < -0.4 is 14.2 Å². The molecule has 1 aliphatic heterocycles. The molecule has 2 heterocycles. The monoisotopic (exact) mass is 709 g/mol. The minimum atomic E-state index is -4.83. The van der Waals surface area contributed by atoms with E-state index in [1.165, 1.54) is 24.8 Å². The zero-order chi connectivity index (χ0) is 37.1. The minimum Gasteiger partial charge on any atom is -0.489 e. The van der Waals surface area contributed by atoms with E-state index < -0.39 is 22.2 Å². The lowest BCUT2D eigenvalue weighted by Crippen LogP contribution is -2.26. The number of nitrogens with zero attached hydrogens (tertiary/aromatic N) is 2. The van der Waals surface area contributed by atoms with Crippen LogP contribution in [0.1, 0.15) is 90.7 Å². The molecule has 4 rings (SSSR count). The van der Waals surface area contributed by atoms with Crippen molar-refractivity contribution in [2.24, 2.45) is 12.5 Å². The van der Waals surface area contributed by atoms with Gasteiger partial charge in [-0.3, -0.25) is 4.79 Å². The standard InChI is InChI=1S/C17H27NO2S.C13H14NO.C5H12.C3H3F3O2/c1-5-6-10-17(2)11-9-14-12-15(18(3)4)7-8-16(14)21(19,20)13-17;1-14-9-7-12(8-10-14)11-15-13-5-3-2-4-6-13;1-3-5-4-2;1-2(7)8-3(4,5)6/h7-8,12H,5-6,9-11,13H2,1-4H3;2-10H,11H2,1H3;3-5H2,1-2H3;1H3/q;+1;;. The highest BCUT2D eigenvalue weighted by molar-refractivity contribution is 7.91. The van der Waals surface area contributed by atoms with Crippen molar-refractivity contribution in [1.29, 1.82) is 0 Å². The quantitative estimate of drug-likeness (QED) is 0.163. The summed E-state index contributed by atoms with van der Waals surface area (Å²) < 4.78 is 68.5. The Morgan fingerprint density at radius 3 is 2.00 bits per heavy atom. The molecule has 2 aromatic carbocycles. The van der Waals surface area contributed by atoms with Gasteiger partial charge in [0.1, 0.15) is 19.4 Å². The molecule has 1 atom stereocenters. The van der Waals surface area contributed by atoms with Gasteiger partial charge in [-0.25, -0.2) is 13.0 Å². The number of carbonyl (C=O) groups is 1. The zero-order valence-electron chi connectivity index (χ0n) is 30.5. The normalized spacial score (nSPS) is 16.1. The Balaban J connectivity index is 0.000000372. The predicted octanol–water partition coefficient (Wildman–Crippen LogP) is 9.02. The van der Waals surface area contributed by atoms with Crippen LogP contribution in [0, 0.1) is 5.41 Å². The highest BCUT2D eigenvalue weighted by atomic mass is 32.2. The van der Waals surface area contributed by atoms with E-state index in [-0.39, 0.29) is 11.2 Å². The minimum absolute atomic E-state index is 0.0911. The summed E-state index contributed by atoms with van der Waals surface area (Å²) in [6.45, 7) is 10.0. The Bertz CT molecular complexity index is 1480. The van der Waals surface area contributed by atoms with Crippen molar-refractivity contribution >= 4 is 21.5 Å². The number of aryl methyl sites for hydroxylation is 2. The van der Waals surface area contributed by atoms with Gasteiger partial charge in [-0.05, 0) is 60.6 Å². The van der Waals surface area contributed by atoms with Crippen LogP contribution >= 0.6 is 0 Å². The predicted molar refractivity (Wildman–Crippen MR) is 190 cm³/mol. The molecule has 3 aromatic rings. The van der Waals surface area contributed by atoms with Gasteiger partial charge < -0.3 is 14.4 Å². The Kier molecular flexibility index (Phi) is 19.0. The SMILES string of the molecule is CC(=O)OC(F)(F)F.CCCCC.CCCCC1(C)CCc2cc(N(C)C)ccc2S(=O)(=O)C1.C[n+]1ccc(COc2ccccc2)cc1. The first kappa shape index (κ1) is 43.4. The molecular formula is C38H56F3N2O5S+. The number of para-hydroxylation sites is 1. The molecule has 0 amide bonds. The van der Waals surface area contributed by atoms with E-state index in [1.54, 1.807) is 6.07 Å². The van der Waals surface area contributed by atoms with Crippen molar-refractivity contribution in [2.75, 3.05) is 24.7 Å². The molecule has 0 aliphatic carbocycles. The van der Waals surface area contributed by atoms with E-state index in [2.05, 4.69) is 44.6 Å². The molecule has 0 radical (unpaired) electrons. The molecule has 49 heavy (non-hydrogen) atoms. The van der Waals surface area contributed by atoms with Crippen LogP contribution in [0.15, 0.2) is 78.0 Å². The Morgan fingerprint density at radius 1 is 0.939 bits per heavy atom. The smallest absolute Gasteiger partial charge is 0.489 e. The summed E-state index contributed by atoms with van der Waals surface area (Å²) >= 11 is 0. The average molecular weight is 710 g/mol. The number of unbranched alkanes of at least 4 members (excludes halogenated alkanes) is 3. The number of hydrogen-bond donors (Lipinski definition) is 0. The van der Waals surface area contributed by atoms with Gasteiger partial charge in [0.2, 0.25) is 0 Å². The van der Waals surface area contributed by atoms with Crippen LogP contribution in [-0.4, -0.2) is 40.6 Å². The van der Waals surface area contributed by atoms with Crippen LogP contribution in [-0.2, 0) is 39.4 Å². The number of carbonyl (C=O) groups excluding carboxylic acids is 1. The number of anilines is 1. The van der Waals surface area contributed by atoms with Crippen molar-refractivity contribution in [3.8, 4) is 5.75 Å². The van der Waals surface area contributed by atoms with Crippen LogP contribution in [0.4, 0.5) is 18.9 Å². The number of halogens is 3. The zero-order valence-corrected chi connectivity index (χ0v) is 31.3. The highest BCUT2D eigenvalue weighted by Gasteiger charge is 2.35. The third-order valence-corrected chi connectivity index (χ3v) is 9.87. The molecule has 7 nitrogen and oxygen atoms in total. The van der Waals surface area contributed by atoms with Gasteiger partial charge >= 0.3 is 12.3 Å². The number of alkyl halides is 3. The fourth-order valence-corrected chi connectivity index (χ4v) is 7.21. The number of benzene rings is 2. The number of ether oxygens (including phenoxy) is 2. The molecule has 11 heteroatoms. The number of esters is 1. The Hall–Kier alpha value is -3.60. The molecule has 274 valence electrons. The third-order valence-electron chi connectivity index (χ3n) is 7.73.